The standard InChI is InChI=1S/C21H18IN3O3/c1-28-19-10-13(9-17(22)20(19)26)8-15(11-23)21(27)24-7-6-14-12-25-18-5-3-2-4-16(14)18/h2-5,8-10,12,25-26H,6-7H2,1H3,(H,24,27)/b15-8-. The number of nitrogens with one attached hydrogen (secondary N) is 2. The first-order valence-electron chi connectivity index (χ1n) is 8.55. The largest absolute Gasteiger partial charge is 0.504 e. The van der Waals surface area contributed by atoms with Crippen molar-refractivity contribution in [1.82, 2.24) is 10.3 Å². The summed E-state index contributed by atoms with van der Waals surface area (Å²) in [5.74, 6) is -0.124. The average molecular weight is 487 g/mol. The van der Waals surface area contributed by atoms with Crippen LogP contribution in [-0.2, 0) is 11.2 Å². The molecule has 0 aliphatic heterocycles. The fourth-order valence-electron chi connectivity index (χ4n) is 2.89. The van der Waals surface area contributed by atoms with Crippen LogP contribution >= 0.6 is 22.6 Å². The molecule has 0 unspecified atom stereocenters. The number of H-pyrrole nitrogens is 1. The maximum Gasteiger partial charge on any atom is 0.261 e. The number of benzene rings is 2. The molecular weight excluding hydrogens is 469 g/mol. The molecular formula is C21H18IN3O3. The highest BCUT2D eigenvalue weighted by Crippen LogP contribution is 2.33. The Morgan fingerprint density at radius 2 is 2.18 bits per heavy atom. The zero-order valence-corrected chi connectivity index (χ0v) is 17.3. The molecule has 7 heteroatoms. The lowest BCUT2D eigenvalue weighted by atomic mass is 10.1. The van der Waals surface area contributed by atoms with Gasteiger partial charge in [0.05, 0.1) is 10.7 Å². The molecule has 0 saturated heterocycles. The summed E-state index contributed by atoms with van der Waals surface area (Å²) in [5.41, 5.74) is 2.75. The molecule has 2 aromatic carbocycles. The maximum absolute atomic E-state index is 12.4. The van der Waals surface area contributed by atoms with Crippen molar-refractivity contribution in [2.75, 3.05) is 13.7 Å². The van der Waals surface area contributed by atoms with Crippen molar-refractivity contribution in [2.24, 2.45) is 0 Å². The number of aromatic hydroxyl groups is 1. The van der Waals surface area contributed by atoms with Crippen LogP contribution in [-0.4, -0.2) is 29.7 Å². The van der Waals surface area contributed by atoms with Gasteiger partial charge in [0.1, 0.15) is 11.6 Å². The van der Waals surface area contributed by atoms with Crippen LogP contribution in [0.2, 0.25) is 0 Å². The molecule has 0 bridgehead atoms. The van der Waals surface area contributed by atoms with Crippen LogP contribution in [0.25, 0.3) is 17.0 Å². The van der Waals surface area contributed by atoms with Gasteiger partial charge in [0.2, 0.25) is 0 Å². The molecule has 1 aromatic heterocycles. The number of para-hydroxylation sites is 1. The van der Waals surface area contributed by atoms with E-state index < -0.39 is 5.91 Å². The van der Waals surface area contributed by atoms with Crippen LogP contribution in [0.4, 0.5) is 0 Å². The van der Waals surface area contributed by atoms with Gasteiger partial charge in [0.15, 0.2) is 11.5 Å². The number of carbonyl (C=O) groups is 1. The number of ether oxygens (including phenoxy) is 1. The quantitative estimate of drug-likeness (QED) is 0.280. The fraction of sp³-hybridized carbons (Fsp3) is 0.143. The third kappa shape index (κ3) is 4.28. The number of aromatic amines is 1. The Morgan fingerprint density at radius 1 is 1.39 bits per heavy atom. The average Bonchev–Trinajstić information content (AvgIpc) is 3.11. The number of nitriles is 1. The number of methoxy groups -OCH3 is 1. The number of fused-ring (bicyclic) bond motifs is 1. The predicted molar refractivity (Wildman–Crippen MR) is 116 cm³/mol. The van der Waals surface area contributed by atoms with Crippen LogP contribution in [0, 0.1) is 14.9 Å². The zero-order valence-electron chi connectivity index (χ0n) is 15.1. The maximum atomic E-state index is 12.4. The molecule has 3 rings (SSSR count). The van der Waals surface area contributed by atoms with Crippen LogP contribution < -0.4 is 10.1 Å². The summed E-state index contributed by atoms with van der Waals surface area (Å²) in [6.07, 6.45) is 4.06. The van der Waals surface area contributed by atoms with Crippen molar-refractivity contribution in [3.63, 3.8) is 0 Å². The van der Waals surface area contributed by atoms with E-state index in [1.54, 1.807) is 12.1 Å². The van der Waals surface area contributed by atoms with Gasteiger partial charge in [0.25, 0.3) is 5.91 Å². The van der Waals surface area contributed by atoms with Crippen molar-refractivity contribution in [1.29, 1.82) is 5.26 Å². The zero-order chi connectivity index (χ0) is 20.1. The van der Waals surface area contributed by atoms with Crippen molar-refractivity contribution in [3.05, 3.63) is 62.9 Å². The first-order valence-corrected chi connectivity index (χ1v) is 9.63. The monoisotopic (exact) mass is 487 g/mol. The molecule has 28 heavy (non-hydrogen) atoms. The van der Waals surface area contributed by atoms with Gasteiger partial charge in [-0.3, -0.25) is 4.79 Å². The molecule has 0 fully saturated rings. The number of hydrogen-bond donors (Lipinski definition) is 3. The van der Waals surface area contributed by atoms with Crippen molar-refractivity contribution in [2.45, 2.75) is 6.42 Å². The van der Waals surface area contributed by atoms with E-state index >= 15 is 0 Å². The Hall–Kier alpha value is -2.99. The summed E-state index contributed by atoms with van der Waals surface area (Å²) < 4.78 is 5.68. The van der Waals surface area contributed by atoms with Crippen molar-refractivity contribution >= 4 is 45.5 Å². The Kier molecular flexibility index (Phi) is 6.21. The summed E-state index contributed by atoms with van der Waals surface area (Å²) >= 11 is 1.96. The van der Waals surface area contributed by atoms with E-state index in [2.05, 4.69) is 10.3 Å². The Bertz CT molecular complexity index is 1100. The van der Waals surface area contributed by atoms with Crippen LogP contribution in [0.15, 0.2) is 48.2 Å². The van der Waals surface area contributed by atoms with E-state index in [-0.39, 0.29) is 17.1 Å². The van der Waals surface area contributed by atoms with E-state index in [1.165, 1.54) is 13.2 Å². The van der Waals surface area contributed by atoms with E-state index in [4.69, 9.17) is 4.74 Å². The van der Waals surface area contributed by atoms with Gasteiger partial charge in [-0.1, -0.05) is 18.2 Å². The third-order valence-electron chi connectivity index (χ3n) is 4.30. The first-order chi connectivity index (χ1) is 13.5. The highest BCUT2D eigenvalue weighted by molar-refractivity contribution is 14.1. The van der Waals surface area contributed by atoms with Crippen LogP contribution in [0.5, 0.6) is 11.5 Å². The second-order valence-electron chi connectivity index (χ2n) is 6.09. The molecule has 142 valence electrons. The number of aromatic nitrogens is 1. The highest BCUT2D eigenvalue weighted by atomic mass is 127. The molecule has 3 aromatic rings. The second kappa shape index (κ2) is 8.80. The lowest BCUT2D eigenvalue weighted by Crippen LogP contribution is -2.26. The number of amides is 1. The molecule has 0 atom stereocenters. The number of halogens is 1. The molecule has 0 saturated carbocycles. The Labute approximate surface area is 176 Å². The number of phenolic OH excluding ortho intramolecular Hbond substituents is 1. The lowest BCUT2D eigenvalue weighted by molar-refractivity contribution is -0.117. The van der Waals surface area contributed by atoms with Gasteiger partial charge in [-0.05, 0) is 64.4 Å². The van der Waals surface area contributed by atoms with Crippen molar-refractivity contribution < 1.29 is 14.6 Å². The molecule has 0 aliphatic carbocycles. The predicted octanol–water partition coefficient (Wildman–Crippen LogP) is 3.75. The molecule has 1 amide bonds. The van der Waals surface area contributed by atoms with Gasteiger partial charge in [-0.25, -0.2) is 0 Å². The number of phenols is 1. The molecule has 3 N–H and O–H groups in total. The minimum Gasteiger partial charge on any atom is -0.504 e. The lowest BCUT2D eigenvalue weighted by Gasteiger charge is -2.07. The molecule has 1 heterocycles. The van der Waals surface area contributed by atoms with Gasteiger partial charge >= 0.3 is 0 Å². The number of hydrogen-bond acceptors (Lipinski definition) is 4. The van der Waals surface area contributed by atoms with E-state index in [0.29, 0.717) is 22.1 Å². The molecule has 6 nitrogen and oxygen atoms in total. The second-order valence-corrected chi connectivity index (χ2v) is 7.25. The van der Waals surface area contributed by atoms with Gasteiger partial charge in [-0.15, -0.1) is 0 Å². The molecule has 0 spiro atoms. The smallest absolute Gasteiger partial charge is 0.261 e. The number of nitrogens with zero attached hydrogens (tertiary/aromatic N) is 1. The summed E-state index contributed by atoms with van der Waals surface area (Å²) in [5, 5.41) is 23.2. The topological polar surface area (TPSA) is 98.1 Å². The summed E-state index contributed by atoms with van der Waals surface area (Å²) in [6.45, 7) is 0.413. The van der Waals surface area contributed by atoms with Gasteiger partial charge < -0.3 is 20.1 Å². The van der Waals surface area contributed by atoms with Crippen molar-refractivity contribution in [3.8, 4) is 17.6 Å². The first kappa shape index (κ1) is 19.8. The van der Waals surface area contributed by atoms with Gasteiger partial charge in [-0.2, -0.15) is 5.26 Å². The third-order valence-corrected chi connectivity index (χ3v) is 5.12. The van der Waals surface area contributed by atoms with E-state index in [1.807, 2.05) is 59.1 Å². The number of carbonyl (C=O) groups excluding carboxylic acids is 1. The summed E-state index contributed by atoms with van der Waals surface area (Å²) in [4.78, 5) is 15.6. The minimum atomic E-state index is -0.440. The Morgan fingerprint density at radius 3 is 2.93 bits per heavy atom. The highest BCUT2D eigenvalue weighted by Gasteiger charge is 2.12. The van der Waals surface area contributed by atoms with E-state index in [9.17, 15) is 15.2 Å². The Balaban J connectivity index is 1.69. The molecule has 0 radical (unpaired) electrons. The minimum absolute atomic E-state index is 0.0116. The normalized spacial score (nSPS) is 11.2. The van der Waals surface area contributed by atoms with Crippen LogP contribution in [0.1, 0.15) is 11.1 Å². The van der Waals surface area contributed by atoms with Crippen LogP contribution in [0.3, 0.4) is 0 Å². The van der Waals surface area contributed by atoms with E-state index in [0.717, 1.165) is 16.5 Å². The fourth-order valence-corrected chi connectivity index (χ4v) is 3.52. The number of rotatable bonds is 6. The molecule has 0 aliphatic rings. The SMILES string of the molecule is COc1cc(/C=C(/C#N)C(=O)NCCc2c[nH]c3ccccc23)cc(I)c1O. The van der Waals surface area contributed by atoms with Gasteiger partial charge in [0, 0.05) is 23.6 Å². The summed E-state index contributed by atoms with van der Waals surface area (Å²) in [7, 11) is 1.45. The summed E-state index contributed by atoms with van der Waals surface area (Å²) in [6, 6.07) is 13.2.